The smallest absolute Gasteiger partial charge is 0.109 e. The number of hydrogen-bond donors (Lipinski definition) is 1. The average Bonchev–Trinajstić information content (AvgIpc) is 2.31. The van der Waals surface area contributed by atoms with E-state index in [2.05, 4.69) is 43.0 Å². The highest BCUT2D eigenvalue weighted by molar-refractivity contribution is 5.48. The van der Waals surface area contributed by atoms with E-state index in [1.54, 1.807) is 0 Å². The highest BCUT2D eigenvalue weighted by Gasteiger charge is 2.20. The van der Waals surface area contributed by atoms with Crippen molar-refractivity contribution in [1.82, 2.24) is 0 Å². The van der Waals surface area contributed by atoms with E-state index >= 15 is 0 Å². The molecule has 0 atom stereocenters. The molecule has 0 aliphatic rings. The number of hydrogen-bond acceptors (Lipinski definition) is 3. The quantitative estimate of drug-likeness (QED) is 0.778. The minimum absolute atomic E-state index is 0.429. The second kappa shape index (κ2) is 5.32. The predicted molar refractivity (Wildman–Crippen MR) is 68.3 cm³/mol. The van der Waals surface area contributed by atoms with Gasteiger partial charge in [-0.1, -0.05) is 12.1 Å². The Morgan fingerprint density at radius 2 is 1.62 bits per heavy atom. The summed E-state index contributed by atoms with van der Waals surface area (Å²) in [6.45, 7) is 10.3. The van der Waals surface area contributed by atoms with Gasteiger partial charge >= 0.3 is 0 Å². The summed E-state index contributed by atoms with van der Waals surface area (Å²) in [4.78, 5) is 7.27. The normalized spacial score (nSPS) is 11.6. The molecule has 16 heavy (non-hydrogen) atoms. The number of anilines is 1. The summed E-state index contributed by atoms with van der Waals surface area (Å²) < 4.78 is 0. The number of nitrogens with zero attached hydrogens (tertiary/aromatic N) is 1. The van der Waals surface area contributed by atoms with Gasteiger partial charge in [-0.15, -0.1) is 0 Å². The van der Waals surface area contributed by atoms with Gasteiger partial charge < -0.3 is 4.90 Å². The molecular formula is C13H22N2O. The largest absolute Gasteiger partial charge is 0.372 e. The monoisotopic (exact) mass is 222 g/mol. The Balaban J connectivity index is 2.90. The molecule has 0 unspecified atom stereocenters. The van der Waals surface area contributed by atoms with E-state index in [1.807, 2.05) is 13.8 Å². The van der Waals surface area contributed by atoms with E-state index in [4.69, 9.17) is 10.7 Å². The van der Waals surface area contributed by atoms with Gasteiger partial charge in [0.05, 0.1) is 0 Å². The number of benzene rings is 1. The van der Waals surface area contributed by atoms with Gasteiger partial charge in [0.15, 0.2) is 0 Å². The first-order valence-corrected chi connectivity index (χ1v) is 5.78. The van der Waals surface area contributed by atoms with E-state index in [-0.39, 0.29) is 0 Å². The van der Waals surface area contributed by atoms with Crippen molar-refractivity contribution in [2.24, 2.45) is 5.90 Å². The maximum Gasteiger partial charge on any atom is 0.109 e. The molecule has 0 aliphatic carbocycles. The summed E-state index contributed by atoms with van der Waals surface area (Å²) in [5.74, 6) is 5.28. The first-order valence-electron chi connectivity index (χ1n) is 5.78. The van der Waals surface area contributed by atoms with Crippen molar-refractivity contribution < 1.29 is 4.84 Å². The van der Waals surface area contributed by atoms with E-state index < -0.39 is 5.60 Å². The molecule has 1 aromatic rings. The number of nitrogens with two attached hydrogens (primary N) is 1. The van der Waals surface area contributed by atoms with E-state index in [1.165, 1.54) is 5.69 Å². The zero-order chi connectivity index (χ0) is 12.2. The SMILES string of the molecule is CCN(CC)c1ccc(C(C)(C)ON)cc1. The fourth-order valence-electron chi connectivity index (χ4n) is 1.73. The molecular weight excluding hydrogens is 200 g/mol. The highest BCUT2D eigenvalue weighted by Crippen LogP contribution is 2.25. The van der Waals surface area contributed by atoms with Gasteiger partial charge in [-0.2, -0.15) is 0 Å². The van der Waals surface area contributed by atoms with Crippen LogP contribution in [0.3, 0.4) is 0 Å². The summed E-state index contributed by atoms with van der Waals surface area (Å²) in [6.07, 6.45) is 0. The molecule has 0 amide bonds. The second-order valence-electron chi connectivity index (χ2n) is 4.35. The maximum absolute atomic E-state index is 5.28. The fraction of sp³-hybridized carbons (Fsp3) is 0.538. The van der Waals surface area contributed by atoms with Crippen LogP contribution in [0.5, 0.6) is 0 Å². The summed E-state index contributed by atoms with van der Waals surface area (Å²) in [6, 6.07) is 8.37. The summed E-state index contributed by atoms with van der Waals surface area (Å²) >= 11 is 0. The van der Waals surface area contributed by atoms with Crippen LogP contribution < -0.4 is 10.8 Å². The van der Waals surface area contributed by atoms with Crippen molar-refractivity contribution >= 4 is 5.69 Å². The van der Waals surface area contributed by atoms with Gasteiger partial charge in [0, 0.05) is 18.8 Å². The lowest BCUT2D eigenvalue weighted by molar-refractivity contribution is -0.0236. The van der Waals surface area contributed by atoms with Crippen LogP contribution in [0.15, 0.2) is 24.3 Å². The van der Waals surface area contributed by atoms with Crippen molar-refractivity contribution in [3.63, 3.8) is 0 Å². The third-order valence-electron chi connectivity index (χ3n) is 2.99. The first kappa shape index (κ1) is 13.0. The van der Waals surface area contributed by atoms with E-state index in [0.29, 0.717) is 0 Å². The van der Waals surface area contributed by atoms with Crippen molar-refractivity contribution in [3.8, 4) is 0 Å². The van der Waals surface area contributed by atoms with Gasteiger partial charge in [0.1, 0.15) is 5.60 Å². The zero-order valence-corrected chi connectivity index (χ0v) is 10.7. The van der Waals surface area contributed by atoms with Gasteiger partial charge in [0.2, 0.25) is 0 Å². The van der Waals surface area contributed by atoms with E-state index in [0.717, 1.165) is 18.7 Å². The van der Waals surface area contributed by atoms with Crippen molar-refractivity contribution in [2.75, 3.05) is 18.0 Å². The van der Waals surface area contributed by atoms with Gasteiger partial charge in [-0.25, -0.2) is 5.90 Å². The summed E-state index contributed by atoms with van der Waals surface area (Å²) in [5, 5.41) is 0. The molecule has 0 spiro atoms. The van der Waals surface area contributed by atoms with Crippen LogP contribution in [0.2, 0.25) is 0 Å². The molecule has 2 N–H and O–H groups in total. The minimum Gasteiger partial charge on any atom is -0.372 e. The molecule has 0 heterocycles. The van der Waals surface area contributed by atoms with Crippen LogP contribution in [0, 0.1) is 0 Å². The Hall–Kier alpha value is -1.06. The van der Waals surface area contributed by atoms with Crippen LogP contribution in [0.4, 0.5) is 5.69 Å². The predicted octanol–water partition coefficient (Wildman–Crippen LogP) is 2.66. The molecule has 0 aliphatic heterocycles. The lowest BCUT2D eigenvalue weighted by Gasteiger charge is -2.25. The Morgan fingerprint density at radius 3 is 2.00 bits per heavy atom. The Kier molecular flexibility index (Phi) is 4.33. The molecule has 0 saturated heterocycles. The standard InChI is InChI=1S/C13H22N2O/c1-5-15(6-2)12-9-7-11(8-10-12)13(3,4)16-14/h7-10H,5-6,14H2,1-4H3. The molecule has 90 valence electrons. The molecule has 0 bridgehead atoms. The third kappa shape index (κ3) is 2.74. The van der Waals surface area contributed by atoms with Gasteiger partial charge in [-0.3, -0.25) is 4.84 Å². The minimum atomic E-state index is -0.429. The van der Waals surface area contributed by atoms with Crippen molar-refractivity contribution in [2.45, 2.75) is 33.3 Å². The first-order chi connectivity index (χ1) is 7.55. The summed E-state index contributed by atoms with van der Waals surface area (Å²) in [7, 11) is 0. The van der Waals surface area contributed by atoms with Crippen LogP contribution in [0.1, 0.15) is 33.3 Å². The average molecular weight is 222 g/mol. The van der Waals surface area contributed by atoms with Crippen LogP contribution in [-0.4, -0.2) is 13.1 Å². The molecule has 3 heteroatoms. The molecule has 0 saturated carbocycles. The maximum atomic E-state index is 5.28. The molecule has 1 aromatic carbocycles. The van der Waals surface area contributed by atoms with Gasteiger partial charge in [-0.05, 0) is 45.4 Å². The Bertz CT molecular complexity index is 315. The number of rotatable bonds is 5. The van der Waals surface area contributed by atoms with Crippen LogP contribution in [0.25, 0.3) is 0 Å². The topological polar surface area (TPSA) is 38.5 Å². The molecule has 3 nitrogen and oxygen atoms in total. The second-order valence-corrected chi connectivity index (χ2v) is 4.35. The summed E-state index contributed by atoms with van der Waals surface area (Å²) in [5.41, 5.74) is 1.90. The highest BCUT2D eigenvalue weighted by atomic mass is 16.6. The van der Waals surface area contributed by atoms with Crippen LogP contribution in [-0.2, 0) is 10.4 Å². The molecule has 0 fully saturated rings. The third-order valence-corrected chi connectivity index (χ3v) is 2.99. The molecule has 0 aromatic heterocycles. The Labute approximate surface area is 98.2 Å². The molecule has 1 rings (SSSR count). The lowest BCUT2D eigenvalue weighted by atomic mass is 9.98. The van der Waals surface area contributed by atoms with Crippen molar-refractivity contribution in [1.29, 1.82) is 0 Å². The van der Waals surface area contributed by atoms with Crippen LogP contribution >= 0.6 is 0 Å². The Morgan fingerprint density at radius 1 is 1.12 bits per heavy atom. The van der Waals surface area contributed by atoms with Crippen molar-refractivity contribution in [3.05, 3.63) is 29.8 Å². The fourth-order valence-corrected chi connectivity index (χ4v) is 1.73. The zero-order valence-electron chi connectivity index (χ0n) is 10.7. The molecule has 0 radical (unpaired) electrons. The van der Waals surface area contributed by atoms with Gasteiger partial charge in [0.25, 0.3) is 0 Å². The van der Waals surface area contributed by atoms with E-state index in [9.17, 15) is 0 Å². The lowest BCUT2D eigenvalue weighted by Crippen LogP contribution is -2.26.